The summed E-state index contributed by atoms with van der Waals surface area (Å²) in [5, 5.41) is 2.63. The summed E-state index contributed by atoms with van der Waals surface area (Å²) in [5.74, 6) is -0.616. The van der Waals surface area contributed by atoms with Gasteiger partial charge in [0.1, 0.15) is 0 Å². The molecule has 0 saturated heterocycles. The predicted octanol–water partition coefficient (Wildman–Crippen LogP) is 0.809. The number of benzene rings is 1. The molecular formula is C13H14N2O3. The van der Waals surface area contributed by atoms with Crippen molar-refractivity contribution in [2.45, 2.75) is 13.3 Å². The minimum absolute atomic E-state index is 0.114. The van der Waals surface area contributed by atoms with E-state index in [1.807, 2.05) is 0 Å². The highest BCUT2D eigenvalue weighted by molar-refractivity contribution is 6.21. The fourth-order valence-electron chi connectivity index (χ4n) is 1.94. The molecule has 18 heavy (non-hydrogen) atoms. The fraction of sp³-hybridized carbons (Fsp3) is 0.308. The summed E-state index contributed by atoms with van der Waals surface area (Å²) >= 11 is 0. The molecule has 5 nitrogen and oxygen atoms in total. The van der Waals surface area contributed by atoms with Crippen LogP contribution in [0.25, 0.3) is 0 Å². The summed E-state index contributed by atoms with van der Waals surface area (Å²) in [6, 6.07) is 6.79. The molecule has 0 radical (unpaired) electrons. The van der Waals surface area contributed by atoms with Crippen LogP contribution in [0.1, 0.15) is 34.1 Å². The van der Waals surface area contributed by atoms with E-state index in [4.69, 9.17) is 0 Å². The molecule has 0 unspecified atom stereocenters. The van der Waals surface area contributed by atoms with Crippen molar-refractivity contribution in [1.82, 2.24) is 10.2 Å². The first-order chi connectivity index (χ1) is 8.61. The largest absolute Gasteiger partial charge is 0.356 e. The highest BCUT2D eigenvalue weighted by atomic mass is 16.2. The van der Waals surface area contributed by atoms with Gasteiger partial charge in [0.05, 0.1) is 11.1 Å². The van der Waals surface area contributed by atoms with E-state index in [2.05, 4.69) is 5.32 Å². The molecule has 0 bridgehead atoms. The maximum atomic E-state index is 12.0. The average Bonchev–Trinajstić information content (AvgIpc) is 2.59. The number of hydrogen-bond acceptors (Lipinski definition) is 3. The van der Waals surface area contributed by atoms with E-state index in [0.29, 0.717) is 30.6 Å². The van der Waals surface area contributed by atoms with Crippen LogP contribution in [0.3, 0.4) is 0 Å². The number of nitrogens with zero attached hydrogens (tertiary/aromatic N) is 1. The van der Waals surface area contributed by atoms with E-state index in [0.717, 1.165) is 0 Å². The van der Waals surface area contributed by atoms with Gasteiger partial charge in [0.25, 0.3) is 11.8 Å². The van der Waals surface area contributed by atoms with Crippen molar-refractivity contribution in [3.8, 4) is 0 Å². The molecule has 0 fully saturated rings. The second-order valence-electron chi connectivity index (χ2n) is 4.14. The van der Waals surface area contributed by atoms with Gasteiger partial charge in [-0.05, 0) is 18.6 Å². The van der Waals surface area contributed by atoms with Gasteiger partial charge >= 0.3 is 0 Å². The lowest BCUT2D eigenvalue weighted by Gasteiger charge is -2.13. The Morgan fingerprint density at radius 2 is 1.72 bits per heavy atom. The molecule has 0 aromatic heterocycles. The normalized spacial score (nSPS) is 13.7. The summed E-state index contributed by atoms with van der Waals surface area (Å²) in [5.41, 5.74) is 0.920. The Bertz CT molecular complexity index is 476. The Labute approximate surface area is 105 Å². The van der Waals surface area contributed by atoms with Gasteiger partial charge in [-0.25, -0.2) is 0 Å². The predicted molar refractivity (Wildman–Crippen MR) is 65.1 cm³/mol. The van der Waals surface area contributed by atoms with Crippen LogP contribution >= 0.6 is 0 Å². The molecule has 0 spiro atoms. The summed E-state index contributed by atoms with van der Waals surface area (Å²) in [6.07, 6.45) is 0.561. The molecule has 94 valence electrons. The second-order valence-corrected chi connectivity index (χ2v) is 4.14. The van der Waals surface area contributed by atoms with Gasteiger partial charge in [-0.1, -0.05) is 12.1 Å². The van der Waals surface area contributed by atoms with E-state index < -0.39 is 0 Å². The highest BCUT2D eigenvalue weighted by Crippen LogP contribution is 2.22. The first-order valence-electron chi connectivity index (χ1n) is 5.81. The van der Waals surface area contributed by atoms with Crippen molar-refractivity contribution in [2.75, 3.05) is 13.1 Å². The Kier molecular flexibility index (Phi) is 3.41. The van der Waals surface area contributed by atoms with Crippen LogP contribution < -0.4 is 5.32 Å². The molecule has 1 aromatic rings. The Hall–Kier alpha value is -2.17. The molecule has 0 atom stereocenters. The monoisotopic (exact) mass is 246 g/mol. The number of carbonyl (C=O) groups is 3. The third-order valence-electron chi connectivity index (χ3n) is 2.81. The van der Waals surface area contributed by atoms with Crippen LogP contribution in [0, 0.1) is 0 Å². The molecule has 1 aliphatic heterocycles. The van der Waals surface area contributed by atoms with Gasteiger partial charge < -0.3 is 5.32 Å². The molecule has 2 rings (SSSR count). The van der Waals surface area contributed by atoms with Crippen LogP contribution in [-0.4, -0.2) is 35.7 Å². The lowest BCUT2D eigenvalue weighted by Crippen LogP contribution is -2.33. The Balaban J connectivity index is 1.99. The summed E-state index contributed by atoms with van der Waals surface area (Å²) < 4.78 is 0. The van der Waals surface area contributed by atoms with Gasteiger partial charge in [-0.15, -0.1) is 0 Å². The summed E-state index contributed by atoms with van der Waals surface area (Å²) in [6.45, 7) is 2.22. The standard InChI is InChI=1S/C13H14N2O3/c1-9(16)14-7-4-8-15-12(17)10-5-2-3-6-11(10)13(15)18/h2-3,5-6H,4,7-8H2,1H3,(H,14,16). The maximum absolute atomic E-state index is 12.0. The number of hydrogen-bond donors (Lipinski definition) is 1. The molecular weight excluding hydrogens is 232 g/mol. The zero-order valence-corrected chi connectivity index (χ0v) is 10.1. The number of carbonyl (C=O) groups excluding carboxylic acids is 3. The van der Waals surface area contributed by atoms with Crippen molar-refractivity contribution in [1.29, 1.82) is 0 Å². The second kappa shape index (κ2) is 5.00. The minimum atomic E-state index is -0.251. The Morgan fingerprint density at radius 3 is 2.22 bits per heavy atom. The number of fused-ring (bicyclic) bond motifs is 1. The smallest absolute Gasteiger partial charge is 0.261 e. The number of amides is 3. The van der Waals surface area contributed by atoms with E-state index >= 15 is 0 Å². The van der Waals surface area contributed by atoms with Crippen LogP contribution in [0.2, 0.25) is 0 Å². The van der Waals surface area contributed by atoms with Crippen LogP contribution in [0.4, 0.5) is 0 Å². The number of nitrogens with one attached hydrogen (secondary N) is 1. The third-order valence-corrected chi connectivity index (χ3v) is 2.81. The SMILES string of the molecule is CC(=O)NCCCN1C(=O)c2ccccc2C1=O. The zero-order chi connectivity index (χ0) is 13.1. The van der Waals surface area contributed by atoms with Crippen molar-refractivity contribution in [3.05, 3.63) is 35.4 Å². The molecule has 3 amide bonds. The van der Waals surface area contributed by atoms with Crippen molar-refractivity contribution in [3.63, 3.8) is 0 Å². The molecule has 1 N–H and O–H groups in total. The lowest BCUT2D eigenvalue weighted by molar-refractivity contribution is -0.118. The number of imide groups is 1. The maximum Gasteiger partial charge on any atom is 0.261 e. The Morgan fingerprint density at radius 1 is 1.17 bits per heavy atom. The number of rotatable bonds is 4. The van der Waals surface area contributed by atoms with Gasteiger partial charge in [0, 0.05) is 20.0 Å². The molecule has 1 heterocycles. The average molecular weight is 246 g/mol. The summed E-state index contributed by atoms with van der Waals surface area (Å²) in [7, 11) is 0. The van der Waals surface area contributed by atoms with E-state index in [9.17, 15) is 14.4 Å². The van der Waals surface area contributed by atoms with Crippen molar-refractivity contribution < 1.29 is 14.4 Å². The van der Waals surface area contributed by atoms with Crippen LogP contribution in [0.15, 0.2) is 24.3 Å². The van der Waals surface area contributed by atoms with E-state index in [-0.39, 0.29) is 17.7 Å². The van der Waals surface area contributed by atoms with Crippen molar-refractivity contribution in [2.24, 2.45) is 0 Å². The van der Waals surface area contributed by atoms with Gasteiger partial charge in [-0.3, -0.25) is 19.3 Å². The van der Waals surface area contributed by atoms with Crippen LogP contribution in [0.5, 0.6) is 0 Å². The molecule has 0 aliphatic carbocycles. The molecule has 5 heteroatoms. The van der Waals surface area contributed by atoms with E-state index in [1.54, 1.807) is 24.3 Å². The molecule has 0 saturated carbocycles. The summed E-state index contributed by atoms with van der Waals surface area (Å²) in [4.78, 5) is 35.8. The first-order valence-corrected chi connectivity index (χ1v) is 5.81. The van der Waals surface area contributed by atoms with Gasteiger partial charge in [0.2, 0.25) is 5.91 Å². The highest BCUT2D eigenvalue weighted by Gasteiger charge is 2.34. The van der Waals surface area contributed by atoms with Gasteiger partial charge in [-0.2, -0.15) is 0 Å². The topological polar surface area (TPSA) is 66.5 Å². The fourth-order valence-corrected chi connectivity index (χ4v) is 1.94. The third kappa shape index (κ3) is 2.25. The van der Waals surface area contributed by atoms with Crippen LogP contribution in [-0.2, 0) is 4.79 Å². The molecule has 1 aromatic carbocycles. The van der Waals surface area contributed by atoms with Gasteiger partial charge in [0.15, 0.2) is 0 Å². The zero-order valence-electron chi connectivity index (χ0n) is 10.1. The van der Waals surface area contributed by atoms with E-state index in [1.165, 1.54) is 11.8 Å². The van der Waals surface area contributed by atoms with Crippen molar-refractivity contribution >= 4 is 17.7 Å². The lowest BCUT2D eigenvalue weighted by atomic mass is 10.1. The first kappa shape index (κ1) is 12.3. The minimum Gasteiger partial charge on any atom is -0.356 e. The quantitative estimate of drug-likeness (QED) is 0.631. The molecule has 1 aliphatic rings.